The molecule has 0 heterocycles. The fourth-order valence-corrected chi connectivity index (χ4v) is 1.75. The number of ether oxygens (including phenoxy) is 1. The largest absolute Gasteiger partial charge is 0.497 e. The van der Waals surface area contributed by atoms with Crippen molar-refractivity contribution in [1.29, 1.82) is 0 Å². The molecule has 3 heteroatoms. The van der Waals surface area contributed by atoms with Crippen molar-refractivity contribution in [3.63, 3.8) is 0 Å². The molecule has 1 unspecified atom stereocenters. The molecule has 0 aliphatic heterocycles. The number of amides is 1. The van der Waals surface area contributed by atoms with E-state index in [0.717, 1.165) is 24.2 Å². The molecule has 0 fully saturated rings. The van der Waals surface area contributed by atoms with E-state index in [1.807, 2.05) is 31.2 Å². The van der Waals surface area contributed by atoms with E-state index < -0.39 is 0 Å². The van der Waals surface area contributed by atoms with Gasteiger partial charge in [-0.25, -0.2) is 0 Å². The zero-order valence-electron chi connectivity index (χ0n) is 10.8. The predicted molar refractivity (Wildman–Crippen MR) is 69.1 cm³/mol. The molecule has 0 spiro atoms. The molecule has 0 aliphatic rings. The third-order valence-electron chi connectivity index (χ3n) is 2.74. The lowest BCUT2D eigenvalue weighted by Gasteiger charge is -2.17. The van der Waals surface area contributed by atoms with Crippen LogP contribution in [0.15, 0.2) is 24.3 Å². The highest BCUT2D eigenvalue weighted by molar-refractivity contribution is 5.76. The highest BCUT2D eigenvalue weighted by Gasteiger charge is 2.11. The summed E-state index contributed by atoms with van der Waals surface area (Å²) < 4.78 is 5.11. The predicted octanol–water partition coefficient (Wildman–Crippen LogP) is 3.06. The third-order valence-corrected chi connectivity index (χ3v) is 2.74. The minimum Gasteiger partial charge on any atom is -0.497 e. The number of hydrogen-bond acceptors (Lipinski definition) is 2. The Morgan fingerprint density at radius 1 is 1.29 bits per heavy atom. The first-order valence-electron chi connectivity index (χ1n) is 6.14. The second-order valence-electron chi connectivity index (χ2n) is 4.05. The molecule has 1 aromatic carbocycles. The first kappa shape index (κ1) is 13.6. The number of rotatable bonds is 6. The third kappa shape index (κ3) is 4.10. The number of benzene rings is 1. The quantitative estimate of drug-likeness (QED) is 0.823. The zero-order valence-corrected chi connectivity index (χ0v) is 10.8. The molecule has 1 N–H and O–H groups in total. The molecule has 1 rings (SSSR count). The summed E-state index contributed by atoms with van der Waals surface area (Å²) in [5.74, 6) is 0.957. The summed E-state index contributed by atoms with van der Waals surface area (Å²) in [6.07, 6.45) is 2.36. The minimum atomic E-state index is 0.0972. The molecule has 3 nitrogen and oxygen atoms in total. The zero-order chi connectivity index (χ0) is 12.7. The summed E-state index contributed by atoms with van der Waals surface area (Å²) in [6.45, 7) is 4.08. The van der Waals surface area contributed by atoms with Crippen LogP contribution in [-0.4, -0.2) is 13.0 Å². The lowest BCUT2D eigenvalue weighted by molar-refractivity contribution is -0.121. The standard InChI is InChI=1S/C14H21NO2/c1-4-6-14(16)15-13(5-2)11-7-9-12(17-3)10-8-11/h7-10,13H,4-6H2,1-3H3,(H,15,16). The van der Waals surface area contributed by atoms with Crippen LogP contribution in [0.4, 0.5) is 0 Å². The number of methoxy groups -OCH3 is 1. The second-order valence-corrected chi connectivity index (χ2v) is 4.05. The fourth-order valence-electron chi connectivity index (χ4n) is 1.75. The van der Waals surface area contributed by atoms with Gasteiger partial charge in [0.15, 0.2) is 0 Å². The monoisotopic (exact) mass is 235 g/mol. The van der Waals surface area contributed by atoms with Crippen LogP contribution in [0.1, 0.15) is 44.7 Å². The van der Waals surface area contributed by atoms with Crippen LogP contribution in [0.5, 0.6) is 5.75 Å². The van der Waals surface area contributed by atoms with E-state index >= 15 is 0 Å². The van der Waals surface area contributed by atoms with Crippen molar-refractivity contribution in [2.75, 3.05) is 7.11 Å². The smallest absolute Gasteiger partial charge is 0.220 e. The molecule has 0 bridgehead atoms. The number of carbonyl (C=O) groups is 1. The van der Waals surface area contributed by atoms with E-state index in [1.165, 1.54) is 0 Å². The summed E-state index contributed by atoms with van der Waals surface area (Å²) in [7, 11) is 1.65. The number of nitrogens with one attached hydrogen (secondary N) is 1. The molecule has 17 heavy (non-hydrogen) atoms. The normalized spacial score (nSPS) is 11.9. The first-order valence-corrected chi connectivity index (χ1v) is 6.14. The Labute approximate surface area is 103 Å². The molecule has 0 aliphatic carbocycles. The molecule has 0 radical (unpaired) electrons. The van der Waals surface area contributed by atoms with Gasteiger partial charge >= 0.3 is 0 Å². The second kappa shape index (κ2) is 6.94. The van der Waals surface area contributed by atoms with Gasteiger partial charge in [0.1, 0.15) is 5.75 Å². The van der Waals surface area contributed by atoms with Crippen LogP contribution in [0.25, 0.3) is 0 Å². The van der Waals surface area contributed by atoms with Gasteiger partial charge in [0, 0.05) is 6.42 Å². The molecule has 0 aromatic heterocycles. The van der Waals surface area contributed by atoms with Gasteiger partial charge in [-0.2, -0.15) is 0 Å². The maximum atomic E-state index is 11.6. The Kier molecular flexibility index (Phi) is 5.53. The molecule has 1 amide bonds. The molecular weight excluding hydrogens is 214 g/mol. The van der Waals surface area contributed by atoms with E-state index in [0.29, 0.717) is 6.42 Å². The molecule has 1 atom stereocenters. The summed E-state index contributed by atoms with van der Waals surface area (Å²) in [5.41, 5.74) is 1.12. The Morgan fingerprint density at radius 2 is 1.94 bits per heavy atom. The average molecular weight is 235 g/mol. The Balaban J connectivity index is 2.68. The van der Waals surface area contributed by atoms with E-state index in [1.54, 1.807) is 7.11 Å². The summed E-state index contributed by atoms with van der Waals surface area (Å²) in [5, 5.41) is 3.04. The molecule has 0 saturated carbocycles. The summed E-state index contributed by atoms with van der Waals surface area (Å²) >= 11 is 0. The molecular formula is C14H21NO2. The topological polar surface area (TPSA) is 38.3 Å². The Morgan fingerprint density at radius 3 is 2.41 bits per heavy atom. The van der Waals surface area contributed by atoms with Crippen LogP contribution in [0.3, 0.4) is 0 Å². The summed E-state index contributed by atoms with van der Waals surface area (Å²) in [6, 6.07) is 7.94. The molecule has 1 aromatic rings. The van der Waals surface area contributed by atoms with Gasteiger partial charge in [0.2, 0.25) is 5.91 Å². The number of carbonyl (C=O) groups excluding carboxylic acids is 1. The SMILES string of the molecule is CCCC(=O)NC(CC)c1ccc(OC)cc1. The lowest BCUT2D eigenvalue weighted by atomic mass is 10.0. The van der Waals surface area contributed by atoms with Crippen LogP contribution in [0.2, 0.25) is 0 Å². The van der Waals surface area contributed by atoms with Crippen LogP contribution in [-0.2, 0) is 4.79 Å². The van der Waals surface area contributed by atoms with Crippen molar-refractivity contribution in [2.45, 2.75) is 39.2 Å². The maximum Gasteiger partial charge on any atom is 0.220 e. The molecule has 0 saturated heterocycles. The lowest BCUT2D eigenvalue weighted by Crippen LogP contribution is -2.27. The average Bonchev–Trinajstić information content (AvgIpc) is 2.36. The van der Waals surface area contributed by atoms with Gasteiger partial charge < -0.3 is 10.1 Å². The van der Waals surface area contributed by atoms with Gasteiger partial charge in [-0.1, -0.05) is 26.0 Å². The van der Waals surface area contributed by atoms with E-state index in [2.05, 4.69) is 12.2 Å². The van der Waals surface area contributed by atoms with Crippen molar-refractivity contribution in [3.05, 3.63) is 29.8 Å². The first-order chi connectivity index (χ1) is 8.21. The van der Waals surface area contributed by atoms with E-state index in [4.69, 9.17) is 4.74 Å². The minimum absolute atomic E-state index is 0.0972. The maximum absolute atomic E-state index is 11.6. The van der Waals surface area contributed by atoms with Crippen LogP contribution in [0, 0.1) is 0 Å². The van der Waals surface area contributed by atoms with Crippen molar-refractivity contribution in [2.24, 2.45) is 0 Å². The van der Waals surface area contributed by atoms with Crippen LogP contribution < -0.4 is 10.1 Å². The van der Waals surface area contributed by atoms with Crippen molar-refractivity contribution >= 4 is 5.91 Å². The van der Waals surface area contributed by atoms with Crippen molar-refractivity contribution < 1.29 is 9.53 Å². The van der Waals surface area contributed by atoms with Crippen molar-refractivity contribution in [1.82, 2.24) is 5.32 Å². The highest BCUT2D eigenvalue weighted by Crippen LogP contribution is 2.20. The van der Waals surface area contributed by atoms with Gasteiger partial charge in [0.05, 0.1) is 13.2 Å². The van der Waals surface area contributed by atoms with Gasteiger partial charge in [-0.15, -0.1) is 0 Å². The van der Waals surface area contributed by atoms with E-state index in [9.17, 15) is 4.79 Å². The van der Waals surface area contributed by atoms with E-state index in [-0.39, 0.29) is 11.9 Å². The Bertz CT molecular complexity index is 346. The van der Waals surface area contributed by atoms with Crippen molar-refractivity contribution in [3.8, 4) is 5.75 Å². The van der Waals surface area contributed by atoms with Gasteiger partial charge in [-0.05, 0) is 30.5 Å². The Hall–Kier alpha value is -1.51. The summed E-state index contributed by atoms with van der Waals surface area (Å²) in [4.78, 5) is 11.6. The van der Waals surface area contributed by atoms with Crippen LogP contribution >= 0.6 is 0 Å². The number of hydrogen-bond donors (Lipinski definition) is 1. The van der Waals surface area contributed by atoms with Gasteiger partial charge in [-0.3, -0.25) is 4.79 Å². The fraction of sp³-hybridized carbons (Fsp3) is 0.500. The van der Waals surface area contributed by atoms with Gasteiger partial charge in [0.25, 0.3) is 0 Å². The highest BCUT2D eigenvalue weighted by atomic mass is 16.5. The molecule has 94 valence electrons.